The molecule has 2 rings (SSSR count). The normalized spacial score (nSPS) is 29.6. The number of thiophene rings is 1. The molecule has 1 aliphatic heterocycles. The minimum atomic E-state index is 0.674. The van der Waals surface area contributed by atoms with E-state index < -0.39 is 0 Å². The van der Waals surface area contributed by atoms with Crippen LogP contribution in [0.25, 0.3) is 0 Å². The number of nitrogens with zero attached hydrogens (tertiary/aromatic N) is 1. The maximum Gasteiger partial charge on any atom is 0.0244 e. The van der Waals surface area contributed by atoms with Crippen LogP contribution in [0.5, 0.6) is 0 Å². The molecule has 1 N–H and O–H groups in total. The first-order chi connectivity index (χ1) is 8.72. The third kappa shape index (κ3) is 3.34. The molecule has 3 atom stereocenters. The Morgan fingerprint density at radius 1 is 1.44 bits per heavy atom. The van der Waals surface area contributed by atoms with Crippen LogP contribution in [0.2, 0.25) is 0 Å². The predicted octanol–water partition coefficient (Wildman–Crippen LogP) is 3.35. The van der Waals surface area contributed by atoms with Crippen LogP contribution in [-0.4, -0.2) is 30.1 Å². The molecule has 0 bridgehead atoms. The summed E-state index contributed by atoms with van der Waals surface area (Å²) in [5.41, 5.74) is 1.47. The molecule has 102 valence electrons. The Kier molecular flexibility index (Phi) is 5.22. The highest BCUT2D eigenvalue weighted by molar-refractivity contribution is 7.07. The van der Waals surface area contributed by atoms with E-state index in [1.807, 2.05) is 0 Å². The van der Waals surface area contributed by atoms with Crippen LogP contribution < -0.4 is 5.32 Å². The minimum absolute atomic E-state index is 0.674. The van der Waals surface area contributed by atoms with Crippen LogP contribution in [0, 0.1) is 5.92 Å². The summed E-state index contributed by atoms with van der Waals surface area (Å²) >= 11 is 1.80. The lowest BCUT2D eigenvalue weighted by Gasteiger charge is -2.43. The molecule has 3 heteroatoms. The number of rotatable bonds is 5. The summed E-state index contributed by atoms with van der Waals surface area (Å²) < 4.78 is 0. The lowest BCUT2D eigenvalue weighted by atomic mass is 9.86. The Morgan fingerprint density at radius 3 is 2.94 bits per heavy atom. The molecule has 1 aliphatic rings. The zero-order valence-corrected chi connectivity index (χ0v) is 12.7. The van der Waals surface area contributed by atoms with Crippen molar-refractivity contribution in [3.05, 3.63) is 22.4 Å². The van der Waals surface area contributed by atoms with Crippen molar-refractivity contribution in [1.29, 1.82) is 0 Å². The molecule has 0 aliphatic carbocycles. The van der Waals surface area contributed by atoms with E-state index in [4.69, 9.17) is 0 Å². The van der Waals surface area contributed by atoms with Crippen molar-refractivity contribution >= 4 is 11.3 Å². The first-order valence-corrected chi connectivity index (χ1v) is 8.15. The highest BCUT2D eigenvalue weighted by Gasteiger charge is 2.31. The molecule has 3 unspecified atom stereocenters. The number of likely N-dealkylation sites (tertiary alicyclic amines) is 1. The van der Waals surface area contributed by atoms with E-state index in [1.165, 1.54) is 24.9 Å². The standard InChI is InChI=1S/C15H26N2S/c1-4-7-16-15-5-8-17(13(3)12(15)2)10-14-6-9-18-11-14/h6,9,11-13,15-16H,4-5,7-8,10H2,1-3H3. The zero-order chi connectivity index (χ0) is 13.0. The van der Waals surface area contributed by atoms with Crippen LogP contribution in [0.15, 0.2) is 16.8 Å². The average Bonchev–Trinajstić information content (AvgIpc) is 2.87. The smallest absolute Gasteiger partial charge is 0.0244 e. The first kappa shape index (κ1) is 14.0. The topological polar surface area (TPSA) is 15.3 Å². The van der Waals surface area contributed by atoms with Gasteiger partial charge in [0, 0.05) is 25.2 Å². The molecule has 0 aromatic carbocycles. The van der Waals surface area contributed by atoms with Gasteiger partial charge in [-0.05, 0) is 54.6 Å². The van der Waals surface area contributed by atoms with Crippen LogP contribution in [0.4, 0.5) is 0 Å². The van der Waals surface area contributed by atoms with E-state index >= 15 is 0 Å². The maximum atomic E-state index is 3.71. The van der Waals surface area contributed by atoms with Crippen molar-refractivity contribution < 1.29 is 0 Å². The fourth-order valence-electron chi connectivity index (χ4n) is 2.90. The van der Waals surface area contributed by atoms with Gasteiger partial charge in [0.25, 0.3) is 0 Å². The van der Waals surface area contributed by atoms with E-state index in [0.717, 1.165) is 19.0 Å². The largest absolute Gasteiger partial charge is 0.314 e. The molecule has 2 heterocycles. The molecule has 1 saturated heterocycles. The van der Waals surface area contributed by atoms with Crippen molar-refractivity contribution in [3.8, 4) is 0 Å². The molecule has 1 fully saturated rings. The van der Waals surface area contributed by atoms with Gasteiger partial charge in [-0.1, -0.05) is 13.8 Å². The van der Waals surface area contributed by atoms with Gasteiger partial charge >= 0.3 is 0 Å². The van der Waals surface area contributed by atoms with Gasteiger partial charge in [0.1, 0.15) is 0 Å². The fourth-order valence-corrected chi connectivity index (χ4v) is 3.56. The van der Waals surface area contributed by atoms with E-state index in [2.05, 4.69) is 47.8 Å². The molecule has 2 nitrogen and oxygen atoms in total. The SMILES string of the molecule is CCCNC1CCN(Cc2ccsc2)C(C)C1C. The van der Waals surface area contributed by atoms with Crippen LogP contribution >= 0.6 is 11.3 Å². The van der Waals surface area contributed by atoms with Crippen LogP contribution in [-0.2, 0) is 6.54 Å². The Bertz CT molecular complexity index is 336. The molecular formula is C15H26N2S. The summed E-state index contributed by atoms with van der Waals surface area (Å²) in [6.45, 7) is 10.5. The number of piperidine rings is 1. The number of nitrogens with one attached hydrogen (secondary N) is 1. The molecule has 18 heavy (non-hydrogen) atoms. The highest BCUT2D eigenvalue weighted by atomic mass is 32.1. The average molecular weight is 266 g/mol. The molecule has 1 aromatic rings. The van der Waals surface area contributed by atoms with Gasteiger partial charge in [-0.15, -0.1) is 0 Å². The Balaban J connectivity index is 1.89. The lowest BCUT2D eigenvalue weighted by Crippen LogP contribution is -2.53. The van der Waals surface area contributed by atoms with E-state index in [0.29, 0.717) is 12.1 Å². The zero-order valence-electron chi connectivity index (χ0n) is 11.9. The van der Waals surface area contributed by atoms with Crippen molar-refractivity contribution in [2.24, 2.45) is 5.92 Å². The second-order valence-electron chi connectivity index (χ2n) is 5.55. The molecular weight excluding hydrogens is 240 g/mol. The summed E-state index contributed by atoms with van der Waals surface area (Å²) in [5, 5.41) is 8.16. The van der Waals surface area contributed by atoms with Gasteiger partial charge in [0.15, 0.2) is 0 Å². The molecule has 0 spiro atoms. The highest BCUT2D eigenvalue weighted by Crippen LogP contribution is 2.25. The van der Waals surface area contributed by atoms with Crippen molar-refractivity contribution in [1.82, 2.24) is 10.2 Å². The lowest BCUT2D eigenvalue weighted by molar-refractivity contribution is 0.0786. The maximum absolute atomic E-state index is 3.71. The first-order valence-electron chi connectivity index (χ1n) is 7.21. The predicted molar refractivity (Wildman–Crippen MR) is 80.1 cm³/mol. The van der Waals surface area contributed by atoms with Gasteiger partial charge in [0.05, 0.1) is 0 Å². The summed E-state index contributed by atoms with van der Waals surface area (Å²) in [6.07, 6.45) is 2.52. The third-order valence-electron chi connectivity index (χ3n) is 4.32. The Labute approximate surface area is 115 Å². The fraction of sp³-hybridized carbons (Fsp3) is 0.733. The minimum Gasteiger partial charge on any atom is -0.314 e. The number of hydrogen-bond acceptors (Lipinski definition) is 3. The van der Waals surface area contributed by atoms with Crippen molar-refractivity contribution in [2.45, 2.75) is 52.2 Å². The van der Waals surface area contributed by atoms with Gasteiger partial charge in [-0.3, -0.25) is 4.90 Å². The van der Waals surface area contributed by atoms with Gasteiger partial charge in [-0.25, -0.2) is 0 Å². The molecule has 1 aromatic heterocycles. The summed E-state index contributed by atoms with van der Waals surface area (Å²) in [4.78, 5) is 2.64. The molecule has 0 amide bonds. The van der Waals surface area contributed by atoms with E-state index in [-0.39, 0.29) is 0 Å². The van der Waals surface area contributed by atoms with Crippen LogP contribution in [0.1, 0.15) is 39.2 Å². The van der Waals surface area contributed by atoms with Crippen LogP contribution in [0.3, 0.4) is 0 Å². The third-order valence-corrected chi connectivity index (χ3v) is 5.05. The van der Waals surface area contributed by atoms with Crippen molar-refractivity contribution in [3.63, 3.8) is 0 Å². The van der Waals surface area contributed by atoms with Crippen molar-refractivity contribution in [2.75, 3.05) is 13.1 Å². The summed E-state index contributed by atoms with van der Waals surface area (Å²) in [6, 6.07) is 3.63. The monoisotopic (exact) mass is 266 g/mol. The summed E-state index contributed by atoms with van der Waals surface area (Å²) in [5.74, 6) is 0.740. The second kappa shape index (κ2) is 6.69. The van der Waals surface area contributed by atoms with E-state index in [1.54, 1.807) is 11.3 Å². The van der Waals surface area contributed by atoms with Gasteiger partial charge in [-0.2, -0.15) is 11.3 Å². The molecule has 0 saturated carbocycles. The van der Waals surface area contributed by atoms with Gasteiger partial charge < -0.3 is 5.32 Å². The molecule has 0 radical (unpaired) electrons. The second-order valence-corrected chi connectivity index (χ2v) is 6.33. The quantitative estimate of drug-likeness (QED) is 0.879. The summed E-state index contributed by atoms with van der Waals surface area (Å²) in [7, 11) is 0. The van der Waals surface area contributed by atoms with E-state index in [9.17, 15) is 0 Å². The Morgan fingerprint density at radius 2 is 2.28 bits per heavy atom. The van der Waals surface area contributed by atoms with Gasteiger partial charge in [0.2, 0.25) is 0 Å². The number of hydrogen-bond donors (Lipinski definition) is 1. The Hall–Kier alpha value is -0.380.